The highest BCUT2D eigenvalue weighted by atomic mass is 16.5. The third kappa shape index (κ3) is 2.16. The Morgan fingerprint density at radius 3 is 2.83 bits per heavy atom. The largest absolute Gasteiger partial charge is 0.334 e. The van der Waals surface area contributed by atoms with Gasteiger partial charge in [-0.1, -0.05) is 24.2 Å². The molecule has 0 aliphatic carbocycles. The van der Waals surface area contributed by atoms with Gasteiger partial charge in [0.25, 0.3) is 5.89 Å². The average Bonchev–Trinajstić information content (AvgIpc) is 3.09. The quantitative estimate of drug-likeness (QED) is 0.900. The standard InChI is InChI=1S/C14H17N3O/c1-2-10-5-7-11(8-6-10)14-16-13(17-18-14)12-4-3-9-15-12/h5-8,12,15H,2-4,9H2,1H3. The van der Waals surface area contributed by atoms with E-state index in [0.29, 0.717) is 5.89 Å². The normalized spacial score (nSPS) is 19.3. The van der Waals surface area contributed by atoms with Gasteiger partial charge in [-0.25, -0.2) is 0 Å². The van der Waals surface area contributed by atoms with Crippen molar-refractivity contribution in [1.29, 1.82) is 0 Å². The number of nitrogens with one attached hydrogen (secondary N) is 1. The van der Waals surface area contributed by atoms with Crippen molar-refractivity contribution in [2.24, 2.45) is 0 Å². The van der Waals surface area contributed by atoms with Crippen molar-refractivity contribution in [3.63, 3.8) is 0 Å². The van der Waals surface area contributed by atoms with Gasteiger partial charge < -0.3 is 9.84 Å². The summed E-state index contributed by atoms with van der Waals surface area (Å²) in [6.45, 7) is 3.19. The Kier molecular flexibility index (Phi) is 3.11. The minimum atomic E-state index is 0.261. The van der Waals surface area contributed by atoms with Crippen LogP contribution < -0.4 is 5.32 Å². The molecule has 0 saturated carbocycles. The fraction of sp³-hybridized carbons (Fsp3) is 0.429. The molecular formula is C14H17N3O. The van der Waals surface area contributed by atoms with Crippen LogP contribution in [0.4, 0.5) is 0 Å². The molecule has 2 heterocycles. The summed E-state index contributed by atoms with van der Waals surface area (Å²) in [6, 6.07) is 8.55. The van der Waals surface area contributed by atoms with E-state index in [1.807, 2.05) is 12.1 Å². The Morgan fingerprint density at radius 1 is 1.33 bits per heavy atom. The van der Waals surface area contributed by atoms with Crippen molar-refractivity contribution in [1.82, 2.24) is 15.5 Å². The van der Waals surface area contributed by atoms with Crippen LogP contribution in [0.15, 0.2) is 28.8 Å². The zero-order valence-corrected chi connectivity index (χ0v) is 10.5. The Balaban J connectivity index is 1.82. The predicted octanol–water partition coefficient (Wildman–Crippen LogP) is 2.72. The molecule has 1 unspecified atom stereocenters. The third-order valence-electron chi connectivity index (χ3n) is 3.42. The maximum absolute atomic E-state index is 5.34. The van der Waals surface area contributed by atoms with Gasteiger partial charge in [-0.2, -0.15) is 4.98 Å². The van der Waals surface area contributed by atoms with E-state index in [9.17, 15) is 0 Å². The Bertz CT molecular complexity index is 512. The smallest absolute Gasteiger partial charge is 0.257 e. The van der Waals surface area contributed by atoms with Crippen molar-refractivity contribution in [2.75, 3.05) is 6.54 Å². The second-order valence-electron chi connectivity index (χ2n) is 4.66. The Morgan fingerprint density at radius 2 is 2.17 bits per heavy atom. The van der Waals surface area contributed by atoms with Crippen molar-refractivity contribution >= 4 is 0 Å². The highest BCUT2D eigenvalue weighted by molar-refractivity contribution is 5.53. The van der Waals surface area contributed by atoms with Crippen molar-refractivity contribution in [2.45, 2.75) is 32.2 Å². The lowest BCUT2D eigenvalue weighted by molar-refractivity contribution is 0.412. The number of aryl methyl sites for hydroxylation is 1. The molecule has 1 aliphatic heterocycles. The molecule has 18 heavy (non-hydrogen) atoms. The molecule has 1 atom stereocenters. The lowest BCUT2D eigenvalue weighted by Crippen LogP contribution is -2.14. The van der Waals surface area contributed by atoms with E-state index in [4.69, 9.17) is 4.52 Å². The molecule has 0 spiro atoms. The van der Waals surface area contributed by atoms with E-state index in [0.717, 1.165) is 30.8 Å². The van der Waals surface area contributed by atoms with Gasteiger partial charge in [0.2, 0.25) is 0 Å². The maximum atomic E-state index is 5.34. The molecule has 1 aromatic carbocycles. The summed E-state index contributed by atoms with van der Waals surface area (Å²) in [4.78, 5) is 4.48. The Labute approximate surface area is 106 Å². The fourth-order valence-electron chi connectivity index (χ4n) is 2.28. The molecule has 1 fully saturated rings. The van der Waals surface area contributed by atoms with Gasteiger partial charge in [0.15, 0.2) is 5.82 Å². The van der Waals surface area contributed by atoms with Gasteiger partial charge in [0.05, 0.1) is 6.04 Å². The van der Waals surface area contributed by atoms with Gasteiger partial charge in [-0.15, -0.1) is 0 Å². The number of hydrogen-bond donors (Lipinski definition) is 1. The zero-order chi connectivity index (χ0) is 12.4. The summed E-state index contributed by atoms with van der Waals surface area (Å²) >= 11 is 0. The van der Waals surface area contributed by atoms with Gasteiger partial charge in [-0.05, 0) is 43.5 Å². The first-order valence-electron chi connectivity index (χ1n) is 6.53. The second-order valence-corrected chi connectivity index (χ2v) is 4.66. The van der Waals surface area contributed by atoms with E-state index in [2.05, 4.69) is 34.5 Å². The molecule has 1 aliphatic rings. The van der Waals surface area contributed by atoms with E-state index in [1.54, 1.807) is 0 Å². The van der Waals surface area contributed by atoms with Crippen LogP contribution in [-0.2, 0) is 6.42 Å². The molecule has 3 rings (SSSR count). The second kappa shape index (κ2) is 4.90. The van der Waals surface area contributed by atoms with E-state index >= 15 is 0 Å². The minimum absolute atomic E-state index is 0.261. The van der Waals surface area contributed by atoms with Crippen molar-refractivity contribution in [3.05, 3.63) is 35.7 Å². The van der Waals surface area contributed by atoms with E-state index in [1.165, 1.54) is 12.0 Å². The molecule has 0 amide bonds. The van der Waals surface area contributed by atoms with Crippen LogP contribution in [-0.4, -0.2) is 16.7 Å². The van der Waals surface area contributed by atoms with E-state index in [-0.39, 0.29) is 6.04 Å². The van der Waals surface area contributed by atoms with Gasteiger partial charge >= 0.3 is 0 Å². The molecule has 0 radical (unpaired) electrons. The van der Waals surface area contributed by atoms with Crippen LogP contribution in [0.25, 0.3) is 11.5 Å². The Hall–Kier alpha value is -1.68. The number of nitrogens with zero attached hydrogens (tertiary/aromatic N) is 2. The molecule has 1 saturated heterocycles. The lowest BCUT2D eigenvalue weighted by Gasteiger charge is -2.01. The highest BCUT2D eigenvalue weighted by Gasteiger charge is 2.21. The first-order valence-corrected chi connectivity index (χ1v) is 6.53. The monoisotopic (exact) mass is 243 g/mol. The molecular weight excluding hydrogens is 226 g/mol. The number of aromatic nitrogens is 2. The van der Waals surface area contributed by atoms with Crippen LogP contribution in [0.5, 0.6) is 0 Å². The van der Waals surface area contributed by atoms with Crippen LogP contribution in [0, 0.1) is 0 Å². The van der Waals surface area contributed by atoms with Gasteiger partial charge in [0.1, 0.15) is 0 Å². The molecule has 2 aromatic rings. The summed E-state index contributed by atoms with van der Waals surface area (Å²) in [5, 5.41) is 7.44. The lowest BCUT2D eigenvalue weighted by atomic mass is 10.1. The zero-order valence-electron chi connectivity index (χ0n) is 10.5. The molecule has 94 valence electrons. The highest BCUT2D eigenvalue weighted by Crippen LogP contribution is 2.24. The van der Waals surface area contributed by atoms with E-state index < -0.39 is 0 Å². The summed E-state index contributed by atoms with van der Waals surface area (Å²) < 4.78 is 5.34. The van der Waals surface area contributed by atoms with Crippen LogP contribution >= 0.6 is 0 Å². The van der Waals surface area contributed by atoms with Crippen molar-refractivity contribution < 1.29 is 4.52 Å². The molecule has 4 nitrogen and oxygen atoms in total. The average molecular weight is 243 g/mol. The SMILES string of the molecule is CCc1ccc(-c2nc(C3CCCN3)no2)cc1. The fourth-order valence-corrected chi connectivity index (χ4v) is 2.28. The van der Waals surface area contributed by atoms with Crippen LogP contribution in [0.3, 0.4) is 0 Å². The first kappa shape index (κ1) is 11.4. The maximum Gasteiger partial charge on any atom is 0.257 e. The third-order valence-corrected chi connectivity index (χ3v) is 3.42. The van der Waals surface area contributed by atoms with Crippen molar-refractivity contribution in [3.8, 4) is 11.5 Å². The van der Waals surface area contributed by atoms with Crippen LogP contribution in [0.1, 0.15) is 37.2 Å². The topological polar surface area (TPSA) is 51.0 Å². The summed E-state index contributed by atoms with van der Waals surface area (Å²) in [6.07, 6.45) is 3.31. The summed E-state index contributed by atoms with van der Waals surface area (Å²) in [5.41, 5.74) is 2.31. The number of hydrogen-bond acceptors (Lipinski definition) is 4. The number of rotatable bonds is 3. The molecule has 4 heteroatoms. The summed E-state index contributed by atoms with van der Waals surface area (Å²) in [7, 11) is 0. The van der Waals surface area contributed by atoms with Gasteiger partial charge in [-0.3, -0.25) is 0 Å². The summed E-state index contributed by atoms with van der Waals surface area (Å²) in [5.74, 6) is 1.39. The van der Waals surface area contributed by atoms with Gasteiger partial charge in [0, 0.05) is 5.56 Å². The molecule has 1 aromatic heterocycles. The molecule has 1 N–H and O–H groups in total. The number of benzene rings is 1. The van der Waals surface area contributed by atoms with Crippen LogP contribution in [0.2, 0.25) is 0 Å². The predicted molar refractivity (Wildman–Crippen MR) is 69.1 cm³/mol. The first-order chi connectivity index (χ1) is 8.86. The minimum Gasteiger partial charge on any atom is -0.334 e. The molecule has 0 bridgehead atoms.